The van der Waals surface area contributed by atoms with E-state index in [1.165, 1.54) is 19.3 Å². The van der Waals surface area contributed by atoms with Crippen molar-refractivity contribution in [2.45, 2.75) is 31.7 Å². The van der Waals surface area contributed by atoms with E-state index in [-0.39, 0.29) is 6.04 Å². The third-order valence-electron chi connectivity index (χ3n) is 2.09. The summed E-state index contributed by atoms with van der Waals surface area (Å²) in [5, 5.41) is 23.8. The summed E-state index contributed by atoms with van der Waals surface area (Å²) >= 11 is 4.86. The Hall–Kier alpha value is -0.532. The minimum absolute atomic E-state index is 0.142. The maximum atomic E-state index is 9.10. The van der Waals surface area contributed by atoms with Crippen molar-refractivity contribution in [1.82, 2.24) is 0 Å². The van der Waals surface area contributed by atoms with E-state index in [0.29, 0.717) is 5.92 Å². The van der Waals surface area contributed by atoms with Crippen LogP contribution >= 0.6 is 13.3 Å². The normalized spacial score (nSPS) is 20.1. The average Bonchev–Trinajstić information content (AvgIpc) is 2.37. The van der Waals surface area contributed by atoms with E-state index in [1.54, 1.807) is 0 Å². The van der Waals surface area contributed by atoms with Gasteiger partial charge in [-0.2, -0.15) is 12.0 Å². The van der Waals surface area contributed by atoms with Crippen LogP contribution in [0.2, 0.25) is 0 Å². The molecule has 0 radical (unpaired) electrons. The monoisotopic (exact) mass is 521 g/mol. The second-order valence-electron chi connectivity index (χ2n) is 3.34. The molecule has 0 saturated heterocycles. The summed E-state index contributed by atoms with van der Waals surface area (Å²) in [5.74, 6) is -3.23. The molecule has 0 bridgehead atoms. The summed E-state index contributed by atoms with van der Waals surface area (Å²) in [5.41, 5.74) is 7.42. The number of carboxylic acids is 2. The van der Waals surface area contributed by atoms with Crippen molar-refractivity contribution < 1.29 is 37.6 Å². The predicted octanol–water partition coefficient (Wildman–Crippen LogP) is 2.68. The van der Waals surface area contributed by atoms with Crippen molar-refractivity contribution in [2.75, 3.05) is 0 Å². The minimum atomic E-state index is -1.82. The molecular formula is C9H15BrN2O6Pt-3. The Balaban J connectivity index is -0.000000207. The van der Waals surface area contributed by atoms with Crippen molar-refractivity contribution in [1.29, 1.82) is 0 Å². The quantitative estimate of drug-likeness (QED) is 0.216. The van der Waals surface area contributed by atoms with Crippen molar-refractivity contribution in [3.05, 3.63) is 22.8 Å². The number of hydrogen-bond donors (Lipinski definition) is 2. The fourth-order valence-electron chi connectivity index (χ4n) is 1.21. The molecule has 0 aromatic carbocycles. The van der Waals surface area contributed by atoms with Crippen LogP contribution in [0.25, 0.3) is 5.73 Å². The van der Waals surface area contributed by atoms with Gasteiger partial charge in [-0.1, -0.05) is 25.7 Å². The SMILES string of the molecule is O=C(O)C(=O)O.O=N[O-].[Br][Pt].[CH2-]C1CCCCC1[NH-]. The number of rotatable bonds is 0. The topological polar surface area (TPSA) is 151 Å². The number of hydrogen-bond acceptors (Lipinski definition) is 5. The predicted molar refractivity (Wildman–Crippen MR) is 68.8 cm³/mol. The molecule has 0 aromatic rings. The summed E-state index contributed by atoms with van der Waals surface area (Å²) in [7, 11) is 0. The molecule has 1 aliphatic carbocycles. The molecule has 2 atom stereocenters. The van der Waals surface area contributed by atoms with Crippen LogP contribution in [0.5, 0.6) is 0 Å². The van der Waals surface area contributed by atoms with Crippen LogP contribution < -0.4 is 0 Å². The second-order valence-corrected chi connectivity index (χ2v) is 3.34. The van der Waals surface area contributed by atoms with Crippen molar-refractivity contribution >= 4 is 25.2 Å². The zero-order valence-corrected chi connectivity index (χ0v) is 13.7. The van der Waals surface area contributed by atoms with Gasteiger partial charge in [0.25, 0.3) is 0 Å². The number of carboxylic acid groups (broad SMARTS) is 2. The molecule has 0 aliphatic heterocycles. The fraction of sp³-hybridized carbons (Fsp3) is 0.667. The summed E-state index contributed by atoms with van der Waals surface area (Å²) in [6.45, 7) is 3.89. The third kappa shape index (κ3) is 20.0. The molecule has 0 amide bonds. The van der Waals surface area contributed by atoms with Gasteiger partial charge in [-0.05, 0) is 0 Å². The number of nitrogens with one attached hydrogen (secondary N) is 1. The second kappa shape index (κ2) is 17.5. The molecule has 1 saturated carbocycles. The van der Waals surface area contributed by atoms with Crippen molar-refractivity contribution in [3.8, 4) is 0 Å². The van der Waals surface area contributed by atoms with Crippen molar-refractivity contribution in [2.24, 2.45) is 11.3 Å². The van der Waals surface area contributed by atoms with Gasteiger partial charge < -0.3 is 33.0 Å². The maximum absolute atomic E-state index is 9.10. The molecule has 117 valence electrons. The smallest absolute Gasteiger partial charge is 0.0549 e. The minimum Gasteiger partial charge on any atom is -0.677 e. The number of nitrogens with zero attached hydrogens (tertiary/aromatic N) is 1. The Morgan fingerprint density at radius 1 is 1.26 bits per heavy atom. The van der Waals surface area contributed by atoms with E-state index in [0.717, 1.165) is 11.8 Å². The Bertz CT molecular complexity index is 235. The van der Waals surface area contributed by atoms with E-state index < -0.39 is 11.9 Å². The van der Waals surface area contributed by atoms with Gasteiger partial charge >= 0.3 is 43.0 Å². The van der Waals surface area contributed by atoms with Gasteiger partial charge in [0.15, 0.2) is 0 Å². The molecule has 2 unspecified atom stereocenters. The molecule has 19 heavy (non-hydrogen) atoms. The van der Waals surface area contributed by atoms with Crippen LogP contribution in [0.4, 0.5) is 0 Å². The zero-order chi connectivity index (χ0) is 15.8. The van der Waals surface area contributed by atoms with Gasteiger partial charge in [-0.15, -0.1) is 5.34 Å². The van der Waals surface area contributed by atoms with Gasteiger partial charge in [0.2, 0.25) is 0 Å². The maximum Gasteiger partial charge on any atom is -0.0549 e. The number of halogens is 1. The van der Waals surface area contributed by atoms with Crippen LogP contribution in [0.1, 0.15) is 25.7 Å². The molecule has 1 fully saturated rings. The first-order valence-electron chi connectivity index (χ1n) is 4.94. The van der Waals surface area contributed by atoms with Crippen LogP contribution in [-0.4, -0.2) is 28.2 Å². The first-order valence-corrected chi connectivity index (χ1v) is 9.90. The zero-order valence-electron chi connectivity index (χ0n) is 9.86. The van der Waals surface area contributed by atoms with Crippen LogP contribution in [0, 0.1) is 23.0 Å². The van der Waals surface area contributed by atoms with E-state index in [9.17, 15) is 0 Å². The van der Waals surface area contributed by atoms with Gasteiger partial charge in [0, 0.05) is 0 Å². The van der Waals surface area contributed by atoms with Gasteiger partial charge in [-0.25, -0.2) is 9.59 Å². The summed E-state index contributed by atoms with van der Waals surface area (Å²) in [4.78, 5) is 26.2. The molecule has 0 spiro atoms. The average molecular weight is 522 g/mol. The standard InChI is InChI=1S/C7H13N.C2H2O4.BrH.HNO2.Pt/c1-6-4-2-3-5-7(6)8;3-1(4)2(5)6;;2-1-3;/h6-8H,1-5H2;(H,3,4)(H,5,6);1H;(H,2,3);/q-2;;;;+1/p-2. The van der Waals surface area contributed by atoms with Gasteiger partial charge in [0.1, 0.15) is 0 Å². The Morgan fingerprint density at radius 2 is 1.58 bits per heavy atom. The Labute approximate surface area is 128 Å². The molecule has 8 nitrogen and oxygen atoms in total. The summed E-state index contributed by atoms with van der Waals surface area (Å²) < 4.78 is 0. The summed E-state index contributed by atoms with van der Waals surface area (Å²) in [6, 6.07) is 0.142. The molecule has 0 heterocycles. The van der Waals surface area contributed by atoms with E-state index in [2.05, 4.69) is 20.2 Å². The first kappa shape index (κ1) is 23.6. The Morgan fingerprint density at radius 3 is 1.74 bits per heavy atom. The van der Waals surface area contributed by atoms with Crippen LogP contribution in [-0.2, 0) is 27.3 Å². The van der Waals surface area contributed by atoms with E-state index in [1.807, 2.05) is 17.8 Å². The molecular weight excluding hydrogens is 507 g/mol. The number of carbonyl (C=O) groups is 2. The van der Waals surface area contributed by atoms with E-state index in [4.69, 9.17) is 35.7 Å². The van der Waals surface area contributed by atoms with Gasteiger partial charge in [-0.3, -0.25) is 0 Å². The Kier molecular flexibility index (Phi) is 21.7. The van der Waals surface area contributed by atoms with Crippen LogP contribution in [0.3, 0.4) is 0 Å². The largest absolute Gasteiger partial charge is 0.677 e. The first-order chi connectivity index (χ1) is 8.86. The summed E-state index contributed by atoms with van der Waals surface area (Å²) in [6.07, 6.45) is 4.80. The van der Waals surface area contributed by atoms with Crippen LogP contribution in [0.15, 0.2) is 5.34 Å². The number of aliphatic carboxylic acids is 2. The molecule has 1 rings (SSSR count). The van der Waals surface area contributed by atoms with Crippen molar-refractivity contribution in [3.63, 3.8) is 0 Å². The van der Waals surface area contributed by atoms with E-state index >= 15 is 0 Å². The molecule has 0 aromatic heterocycles. The molecule has 1 aliphatic rings. The third-order valence-corrected chi connectivity index (χ3v) is 2.09. The van der Waals surface area contributed by atoms with Gasteiger partial charge in [0.05, 0.1) is 0 Å². The molecule has 3 N–H and O–H groups in total. The fourth-order valence-corrected chi connectivity index (χ4v) is 1.21. The molecule has 10 heteroatoms.